The molecule has 72 valence electrons. The van der Waals surface area contributed by atoms with E-state index in [0.717, 1.165) is 11.1 Å². The van der Waals surface area contributed by atoms with Crippen LogP contribution in [0.15, 0.2) is 12.1 Å². The molecule has 0 radical (unpaired) electrons. The summed E-state index contributed by atoms with van der Waals surface area (Å²) >= 11 is 0. The van der Waals surface area contributed by atoms with E-state index in [1.54, 1.807) is 6.92 Å². The van der Waals surface area contributed by atoms with Crippen molar-refractivity contribution in [3.05, 3.63) is 34.6 Å². The van der Waals surface area contributed by atoms with Gasteiger partial charge in [0, 0.05) is 5.54 Å². The predicted octanol–water partition coefficient (Wildman–Crippen LogP) is 2.64. The monoisotopic (exact) mass is 181 g/mol. The molecule has 0 saturated carbocycles. The molecule has 1 rings (SSSR count). The van der Waals surface area contributed by atoms with Crippen molar-refractivity contribution >= 4 is 0 Å². The summed E-state index contributed by atoms with van der Waals surface area (Å²) in [4.78, 5) is 0. The second-order valence-electron chi connectivity index (χ2n) is 4.14. The average molecular weight is 181 g/mol. The van der Waals surface area contributed by atoms with Gasteiger partial charge >= 0.3 is 0 Å². The largest absolute Gasteiger partial charge is 0.322 e. The van der Waals surface area contributed by atoms with Crippen LogP contribution in [0.3, 0.4) is 0 Å². The Labute approximate surface area is 78.8 Å². The van der Waals surface area contributed by atoms with Gasteiger partial charge in [-0.1, -0.05) is 6.07 Å². The van der Waals surface area contributed by atoms with E-state index < -0.39 is 5.54 Å². The average Bonchev–Trinajstić information content (AvgIpc) is 1.94. The minimum absolute atomic E-state index is 0.173. The molecule has 0 amide bonds. The number of hydrogen-bond donors (Lipinski definition) is 1. The molecule has 0 saturated heterocycles. The van der Waals surface area contributed by atoms with Crippen molar-refractivity contribution in [1.82, 2.24) is 0 Å². The summed E-state index contributed by atoms with van der Waals surface area (Å²) in [6.45, 7) is 7.40. The first kappa shape index (κ1) is 10.2. The minimum Gasteiger partial charge on any atom is -0.322 e. The first-order valence-electron chi connectivity index (χ1n) is 4.38. The van der Waals surface area contributed by atoms with Crippen LogP contribution in [0.5, 0.6) is 0 Å². The van der Waals surface area contributed by atoms with Gasteiger partial charge in [0.25, 0.3) is 0 Å². The van der Waals surface area contributed by atoms with Crippen LogP contribution >= 0.6 is 0 Å². The lowest BCUT2D eigenvalue weighted by molar-refractivity contribution is 0.535. The summed E-state index contributed by atoms with van der Waals surface area (Å²) in [5.74, 6) is -0.173. The van der Waals surface area contributed by atoms with E-state index >= 15 is 0 Å². The molecule has 0 heterocycles. The standard InChI is InChI=1S/C11H16FN/c1-7-5-9(11(3,4)13)8(2)10(12)6-7/h5-6H,13H2,1-4H3. The van der Waals surface area contributed by atoms with Gasteiger partial charge in [-0.25, -0.2) is 4.39 Å². The highest BCUT2D eigenvalue weighted by Crippen LogP contribution is 2.24. The van der Waals surface area contributed by atoms with Gasteiger partial charge in [0.15, 0.2) is 0 Å². The zero-order valence-corrected chi connectivity index (χ0v) is 8.61. The molecule has 0 bridgehead atoms. The second kappa shape index (κ2) is 3.11. The van der Waals surface area contributed by atoms with E-state index in [4.69, 9.17) is 5.73 Å². The van der Waals surface area contributed by atoms with Crippen molar-refractivity contribution < 1.29 is 4.39 Å². The molecule has 0 unspecified atom stereocenters. The van der Waals surface area contributed by atoms with Gasteiger partial charge in [0.1, 0.15) is 5.82 Å². The summed E-state index contributed by atoms with van der Waals surface area (Å²) in [5.41, 5.74) is 7.90. The van der Waals surface area contributed by atoms with Crippen LogP contribution in [0.1, 0.15) is 30.5 Å². The minimum atomic E-state index is -0.475. The summed E-state index contributed by atoms with van der Waals surface area (Å²) in [5, 5.41) is 0. The van der Waals surface area contributed by atoms with E-state index in [-0.39, 0.29) is 5.82 Å². The maximum Gasteiger partial charge on any atom is 0.126 e. The summed E-state index contributed by atoms with van der Waals surface area (Å²) in [6.07, 6.45) is 0. The quantitative estimate of drug-likeness (QED) is 0.708. The number of halogens is 1. The number of aryl methyl sites for hydroxylation is 1. The first-order chi connectivity index (χ1) is 5.82. The molecule has 1 nitrogen and oxygen atoms in total. The van der Waals surface area contributed by atoms with E-state index in [1.807, 2.05) is 26.8 Å². The van der Waals surface area contributed by atoms with Gasteiger partial charge in [0.05, 0.1) is 0 Å². The normalized spacial score (nSPS) is 11.8. The van der Waals surface area contributed by atoms with Crippen molar-refractivity contribution in [2.75, 3.05) is 0 Å². The van der Waals surface area contributed by atoms with Crippen LogP contribution in [0.25, 0.3) is 0 Å². The summed E-state index contributed by atoms with van der Waals surface area (Å²) < 4.78 is 13.3. The van der Waals surface area contributed by atoms with E-state index in [2.05, 4.69) is 0 Å². The highest BCUT2D eigenvalue weighted by Gasteiger charge is 2.18. The summed E-state index contributed by atoms with van der Waals surface area (Å²) in [6, 6.07) is 3.48. The number of hydrogen-bond acceptors (Lipinski definition) is 1. The molecular formula is C11H16FN. The maximum absolute atomic E-state index is 13.3. The van der Waals surface area contributed by atoms with Crippen LogP contribution in [-0.4, -0.2) is 0 Å². The molecule has 0 aliphatic rings. The third kappa shape index (κ3) is 2.07. The van der Waals surface area contributed by atoms with Crippen molar-refractivity contribution in [3.63, 3.8) is 0 Å². The van der Waals surface area contributed by atoms with Gasteiger partial charge in [-0.05, 0) is 50.5 Å². The predicted molar refractivity (Wildman–Crippen MR) is 53.1 cm³/mol. The molecular weight excluding hydrogens is 165 g/mol. The van der Waals surface area contributed by atoms with Crippen molar-refractivity contribution in [2.45, 2.75) is 33.2 Å². The Morgan fingerprint density at radius 3 is 2.23 bits per heavy atom. The molecule has 13 heavy (non-hydrogen) atoms. The van der Waals surface area contributed by atoms with Gasteiger partial charge in [-0.3, -0.25) is 0 Å². The van der Waals surface area contributed by atoms with Crippen LogP contribution in [0.4, 0.5) is 4.39 Å². The van der Waals surface area contributed by atoms with Gasteiger partial charge in [-0.15, -0.1) is 0 Å². The lowest BCUT2D eigenvalue weighted by Crippen LogP contribution is -2.30. The fourth-order valence-corrected chi connectivity index (χ4v) is 1.48. The Morgan fingerprint density at radius 1 is 1.23 bits per heavy atom. The molecule has 2 N–H and O–H groups in total. The first-order valence-corrected chi connectivity index (χ1v) is 4.38. The Hall–Kier alpha value is -0.890. The Balaban J connectivity index is 3.37. The zero-order chi connectivity index (χ0) is 10.2. The molecule has 0 spiro atoms. The molecule has 0 atom stereocenters. The molecule has 0 aliphatic carbocycles. The van der Waals surface area contributed by atoms with E-state index in [9.17, 15) is 4.39 Å². The molecule has 1 aromatic carbocycles. The van der Waals surface area contributed by atoms with Crippen molar-refractivity contribution in [1.29, 1.82) is 0 Å². The topological polar surface area (TPSA) is 26.0 Å². The van der Waals surface area contributed by atoms with Gasteiger partial charge in [0.2, 0.25) is 0 Å². The van der Waals surface area contributed by atoms with Crippen LogP contribution in [0, 0.1) is 19.7 Å². The van der Waals surface area contributed by atoms with Crippen molar-refractivity contribution in [3.8, 4) is 0 Å². The highest BCUT2D eigenvalue weighted by molar-refractivity contribution is 5.36. The van der Waals surface area contributed by atoms with E-state index in [0.29, 0.717) is 5.56 Å². The zero-order valence-electron chi connectivity index (χ0n) is 8.61. The Bertz CT molecular complexity index is 324. The molecule has 1 aromatic rings. The van der Waals surface area contributed by atoms with Gasteiger partial charge in [-0.2, -0.15) is 0 Å². The number of benzene rings is 1. The molecule has 0 aliphatic heterocycles. The second-order valence-corrected chi connectivity index (χ2v) is 4.14. The molecule has 0 aromatic heterocycles. The smallest absolute Gasteiger partial charge is 0.126 e. The number of nitrogens with two attached hydrogens (primary N) is 1. The summed E-state index contributed by atoms with van der Waals surface area (Å²) in [7, 11) is 0. The van der Waals surface area contributed by atoms with Crippen LogP contribution < -0.4 is 5.73 Å². The van der Waals surface area contributed by atoms with Crippen LogP contribution in [0.2, 0.25) is 0 Å². The third-order valence-electron chi connectivity index (χ3n) is 2.18. The van der Waals surface area contributed by atoms with Crippen LogP contribution in [-0.2, 0) is 5.54 Å². The van der Waals surface area contributed by atoms with E-state index in [1.165, 1.54) is 6.07 Å². The SMILES string of the molecule is Cc1cc(F)c(C)c(C(C)(C)N)c1. The van der Waals surface area contributed by atoms with Crippen molar-refractivity contribution in [2.24, 2.45) is 5.73 Å². The fourth-order valence-electron chi connectivity index (χ4n) is 1.48. The molecule has 0 fully saturated rings. The Kier molecular flexibility index (Phi) is 2.44. The Morgan fingerprint density at radius 2 is 1.77 bits per heavy atom. The number of rotatable bonds is 1. The lowest BCUT2D eigenvalue weighted by Gasteiger charge is -2.22. The third-order valence-corrected chi connectivity index (χ3v) is 2.18. The van der Waals surface area contributed by atoms with Gasteiger partial charge < -0.3 is 5.73 Å². The fraction of sp³-hybridized carbons (Fsp3) is 0.455. The maximum atomic E-state index is 13.3. The lowest BCUT2D eigenvalue weighted by atomic mass is 9.90. The highest BCUT2D eigenvalue weighted by atomic mass is 19.1. The molecule has 2 heteroatoms.